The summed E-state index contributed by atoms with van der Waals surface area (Å²) < 4.78 is 1.83. The maximum absolute atomic E-state index is 6.12. The molecule has 78 valence electrons. The molecule has 1 saturated heterocycles. The summed E-state index contributed by atoms with van der Waals surface area (Å²) in [5.74, 6) is 0. The van der Waals surface area contributed by atoms with Gasteiger partial charge in [-0.15, -0.1) is 0 Å². The van der Waals surface area contributed by atoms with E-state index in [2.05, 4.69) is 10.00 Å². The molecule has 1 unspecified atom stereocenters. The van der Waals surface area contributed by atoms with Crippen molar-refractivity contribution >= 4 is 0 Å². The maximum atomic E-state index is 6.12. The second-order valence-corrected chi connectivity index (χ2v) is 4.10. The van der Waals surface area contributed by atoms with Crippen LogP contribution in [0.25, 0.3) is 0 Å². The van der Waals surface area contributed by atoms with Gasteiger partial charge in [-0.25, -0.2) is 0 Å². The predicted molar refractivity (Wildman–Crippen MR) is 55.9 cm³/mol. The highest BCUT2D eigenvalue weighted by atomic mass is 15.3. The van der Waals surface area contributed by atoms with Crippen LogP contribution in [0.15, 0.2) is 6.20 Å². The minimum atomic E-state index is 0.115. The zero-order chi connectivity index (χ0) is 10.1. The van der Waals surface area contributed by atoms with Crippen LogP contribution in [-0.4, -0.2) is 34.3 Å². The number of aromatic nitrogens is 2. The predicted octanol–water partition coefficient (Wildman–Crippen LogP) is 0.434. The number of rotatable bonds is 3. The summed E-state index contributed by atoms with van der Waals surface area (Å²) in [5.41, 5.74) is 8.36. The number of nitrogens with zero attached hydrogens (tertiary/aromatic N) is 3. The topological polar surface area (TPSA) is 47.1 Å². The van der Waals surface area contributed by atoms with Gasteiger partial charge in [-0.05, 0) is 26.4 Å². The summed E-state index contributed by atoms with van der Waals surface area (Å²) >= 11 is 0. The maximum Gasteiger partial charge on any atom is 0.0641 e. The third-order valence-corrected chi connectivity index (χ3v) is 2.85. The summed E-state index contributed by atoms with van der Waals surface area (Å²) in [6.07, 6.45) is 3.35. The molecule has 2 rings (SSSR count). The van der Waals surface area contributed by atoms with E-state index in [4.69, 9.17) is 5.73 Å². The Labute approximate surface area is 84.7 Å². The van der Waals surface area contributed by atoms with Crippen LogP contribution in [0.4, 0.5) is 0 Å². The summed E-state index contributed by atoms with van der Waals surface area (Å²) in [4.78, 5) is 2.39. The highest BCUT2D eigenvalue weighted by Crippen LogP contribution is 2.17. The average Bonchev–Trinajstić information content (AvgIpc) is 2.37. The van der Waals surface area contributed by atoms with Gasteiger partial charge in [-0.1, -0.05) is 0 Å². The van der Waals surface area contributed by atoms with Crippen LogP contribution in [0.3, 0.4) is 0 Å². The van der Waals surface area contributed by atoms with Gasteiger partial charge in [0.15, 0.2) is 0 Å². The van der Waals surface area contributed by atoms with Crippen molar-refractivity contribution in [1.82, 2.24) is 14.7 Å². The van der Waals surface area contributed by atoms with E-state index < -0.39 is 0 Å². The van der Waals surface area contributed by atoms with E-state index in [0.29, 0.717) is 0 Å². The molecule has 1 aliphatic rings. The summed E-state index contributed by atoms with van der Waals surface area (Å²) in [7, 11) is 1.94. The summed E-state index contributed by atoms with van der Waals surface area (Å²) in [6, 6.07) is 0.115. The van der Waals surface area contributed by atoms with Crippen molar-refractivity contribution < 1.29 is 0 Å². The Morgan fingerprint density at radius 3 is 2.71 bits per heavy atom. The van der Waals surface area contributed by atoms with Crippen molar-refractivity contribution in [2.24, 2.45) is 12.8 Å². The molecule has 1 fully saturated rings. The fraction of sp³-hybridized carbons (Fsp3) is 0.700. The monoisotopic (exact) mass is 194 g/mol. The third-order valence-electron chi connectivity index (χ3n) is 2.85. The van der Waals surface area contributed by atoms with E-state index in [9.17, 15) is 0 Å². The lowest BCUT2D eigenvalue weighted by molar-refractivity contribution is 0.170. The van der Waals surface area contributed by atoms with Gasteiger partial charge in [0.05, 0.1) is 5.69 Å². The van der Waals surface area contributed by atoms with Crippen molar-refractivity contribution in [2.45, 2.75) is 19.4 Å². The molecule has 0 aliphatic carbocycles. The van der Waals surface area contributed by atoms with Crippen molar-refractivity contribution in [2.75, 3.05) is 19.6 Å². The van der Waals surface area contributed by atoms with E-state index in [1.165, 1.54) is 25.1 Å². The standard InChI is InChI=1S/C10H18N4/c1-8-9(6-13(2)12-8)10(11)7-14-4-3-5-14/h6,10H,3-5,7,11H2,1-2H3. The van der Waals surface area contributed by atoms with E-state index in [0.717, 1.165) is 12.2 Å². The molecular weight excluding hydrogens is 176 g/mol. The Morgan fingerprint density at radius 2 is 2.29 bits per heavy atom. The molecule has 4 heteroatoms. The Kier molecular flexibility index (Phi) is 2.56. The van der Waals surface area contributed by atoms with Crippen molar-refractivity contribution in [3.63, 3.8) is 0 Å². The molecule has 0 bridgehead atoms. The van der Waals surface area contributed by atoms with Gasteiger partial charge < -0.3 is 10.6 Å². The number of nitrogens with two attached hydrogens (primary N) is 1. The van der Waals surface area contributed by atoms with E-state index in [-0.39, 0.29) is 6.04 Å². The van der Waals surface area contributed by atoms with Crippen molar-refractivity contribution in [1.29, 1.82) is 0 Å². The van der Waals surface area contributed by atoms with E-state index >= 15 is 0 Å². The van der Waals surface area contributed by atoms with Gasteiger partial charge in [0.1, 0.15) is 0 Å². The zero-order valence-corrected chi connectivity index (χ0v) is 8.90. The number of hydrogen-bond acceptors (Lipinski definition) is 3. The minimum absolute atomic E-state index is 0.115. The Hall–Kier alpha value is -0.870. The lowest BCUT2D eigenvalue weighted by Gasteiger charge is -2.32. The first-order chi connectivity index (χ1) is 6.66. The fourth-order valence-corrected chi connectivity index (χ4v) is 1.92. The molecule has 0 amide bonds. The molecule has 2 heterocycles. The molecule has 1 aromatic heterocycles. The lowest BCUT2D eigenvalue weighted by Crippen LogP contribution is -2.41. The molecular formula is C10H18N4. The zero-order valence-electron chi connectivity index (χ0n) is 8.90. The Balaban J connectivity index is 2.02. The molecule has 0 radical (unpaired) electrons. The molecule has 1 aliphatic heterocycles. The summed E-state index contributed by atoms with van der Waals surface area (Å²) in [5, 5.41) is 4.30. The molecule has 2 N–H and O–H groups in total. The molecule has 0 aromatic carbocycles. The van der Waals surface area contributed by atoms with Gasteiger partial charge >= 0.3 is 0 Å². The molecule has 1 aromatic rings. The van der Waals surface area contributed by atoms with Gasteiger partial charge in [-0.2, -0.15) is 5.10 Å². The molecule has 1 atom stereocenters. The second kappa shape index (κ2) is 3.71. The van der Waals surface area contributed by atoms with Crippen LogP contribution in [0.1, 0.15) is 23.7 Å². The van der Waals surface area contributed by atoms with Crippen molar-refractivity contribution in [3.8, 4) is 0 Å². The molecule has 14 heavy (non-hydrogen) atoms. The third kappa shape index (κ3) is 1.81. The molecule has 4 nitrogen and oxygen atoms in total. The van der Waals surface area contributed by atoms with Gasteiger partial charge in [0, 0.05) is 31.4 Å². The van der Waals surface area contributed by atoms with Crippen LogP contribution in [0, 0.1) is 6.92 Å². The normalized spacial score (nSPS) is 19.4. The fourth-order valence-electron chi connectivity index (χ4n) is 1.92. The summed E-state index contributed by atoms with van der Waals surface area (Å²) in [6.45, 7) is 5.39. The first kappa shape index (κ1) is 9.68. The molecule has 0 saturated carbocycles. The van der Waals surface area contributed by atoms with E-state index in [1.807, 2.05) is 24.9 Å². The first-order valence-corrected chi connectivity index (χ1v) is 5.15. The SMILES string of the molecule is Cc1nn(C)cc1C(N)CN1CCC1. The lowest BCUT2D eigenvalue weighted by atomic mass is 10.1. The Morgan fingerprint density at radius 1 is 1.57 bits per heavy atom. The minimum Gasteiger partial charge on any atom is -0.323 e. The highest BCUT2D eigenvalue weighted by molar-refractivity contribution is 5.20. The number of likely N-dealkylation sites (tertiary alicyclic amines) is 1. The first-order valence-electron chi connectivity index (χ1n) is 5.15. The Bertz CT molecular complexity index is 314. The molecule has 0 spiro atoms. The quantitative estimate of drug-likeness (QED) is 0.759. The van der Waals surface area contributed by atoms with Crippen LogP contribution in [-0.2, 0) is 7.05 Å². The smallest absolute Gasteiger partial charge is 0.0641 e. The van der Waals surface area contributed by atoms with Crippen LogP contribution < -0.4 is 5.73 Å². The largest absolute Gasteiger partial charge is 0.323 e. The average molecular weight is 194 g/mol. The highest BCUT2D eigenvalue weighted by Gasteiger charge is 2.19. The second-order valence-electron chi connectivity index (χ2n) is 4.10. The number of aryl methyl sites for hydroxylation is 2. The van der Waals surface area contributed by atoms with Crippen molar-refractivity contribution in [3.05, 3.63) is 17.5 Å². The van der Waals surface area contributed by atoms with Gasteiger partial charge in [0.25, 0.3) is 0 Å². The van der Waals surface area contributed by atoms with Crippen LogP contribution in [0.5, 0.6) is 0 Å². The van der Waals surface area contributed by atoms with Crippen LogP contribution >= 0.6 is 0 Å². The van der Waals surface area contributed by atoms with E-state index in [1.54, 1.807) is 0 Å². The van der Waals surface area contributed by atoms with Gasteiger partial charge in [0.2, 0.25) is 0 Å². The van der Waals surface area contributed by atoms with Crippen LogP contribution in [0.2, 0.25) is 0 Å². The van der Waals surface area contributed by atoms with Gasteiger partial charge in [-0.3, -0.25) is 4.68 Å². The number of hydrogen-bond donors (Lipinski definition) is 1.